The van der Waals surface area contributed by atoms with Crippen molar-refractivity contribution in [1.82, 2.24) is 10.3 Å². The van der Waals surface area contributed by atoms with Gasteiger partial charge in [-0.15, -0.1) is 23.7 Å². The summed E-state index contributed by atoms with van der Waals surface area (Å²) in [6.07, 6.45) is 5.33. The van der Waals surface area contributed by atoms with Crippen LogP contribution < -0.4 is 10.6 Å². The van der Waals surface area contributed by atoms with Crippen molar-refractivity contribution >= 4 is 34.8 Å². The van der Waals surface area contributed by atoms with Gasteiger partial charge < -0.3 is 10.6 Å². The molecular formula is C13H20ClN3OS. The molecule has 0 radical (unpaired) electrons. The number of amides is 1. The molecule has 1 aliphatic carbocycles. The number of anilines is 1. The summed E-state index contributed by atoms with van der Waals surface area (Å²) in [5, 5.41) is 9.16. The molecule has 1 amide bonds. The van der Waals surface area contributed by atoms with Crippen molar-refractivity contribution < 1.29 is 4.79 Å². The molecule has 0 spiro atoms. The molecule has 1 atom stereocenters. The molecule has 19 heavy (non-hydrogen) atoms. The second-order valence-corrected chi connectivity index (χ2v) is 6.13. The minimum absolute atomic E-state index is 0. The molecule has 0 bridgehead atoms. The summed E-state index contributed by atoms with van der Waals surface area (Å²) in [5.41, 5.74) is 0.783. The first kappa shape index (κ1) is 14.8. The SMILES string of the molecule is CCC1(C(=O)Nc2nc(C3CC3)cs2)CCCN1.Cl. The smallest absolute Gasteiger partial charge is 0.246 e. The van der Waals surface area contributed by atoms with Crippen molar-refractivity contribution in [2.24, 2.45) is 0 Å². The van der Waals surface area contributed by atoms with Crippen LogP contribution >= 0.6 is 23.7 Å². The zero-order valence-corrected chi connectivity index (χ0v) is 12.7. The molecule has 106 valence electrons. The first-order valence-corrected chi connectivity index (χ1v) is 7.63. The van der Waals surface area contributed by atoms with E-state index in [4.69, 9.17) is 0 Å². The topological polar surface area (TPSA) is 54.0 Å². The summed E-state index contributed by atoms with van der Waals surface area (Å²) in [6.45, 7) is 3.00. The molecular weight excluding hydrogens is 282 g/mol. The van der Waals surface area contributed by atoms with E-state index in [9.17, 15) is 4.79 Å². The molecule has 1 saturated heterocycles. The van der Waals surface area contributed by atoms with Crippen molar-refractivity contribution in [3.8, 4) is 0 Å². The van der Waals surface area contributed by atoms with Crippen molar-refractivity contribution in [1.29, 1.82) is 0 Å². The van der Waals surface area contributed by atoms with Gasteiger partial charge in [0.25, 0.3) is 0 Å². The minimum Gasteiger partial charge on any atom is -0.303 e. The van der Waals surface area contributed by atoms with Crippen LogP contribution in [0.3, 0.4) is 0 Å². The largest absolute Gasteiger partial charge is 0.303 e. The fourth-order valence-electron chi connectivity index (χ4n) is 2.59. The number of halogens is 1. The van der Waals surface area contributed by atoms with Crippen LogP contribution in [0, 0.1) is 0 Å². The van der Waals surface area contributed by atoms with Crippen LogP contribution in [0.5, 0.6) is 0 Å². The van der Waals surface area contributed by atoms with Crippen molar-refractivity contribution in [2.75, 3.05) is 11.9 Å². The van der Waals surface area contributed by atoms with Gasteiger partial charge in [0, 0.05) is 11.3 Å². The van der Waals surface area contributed by atoms with Gasteiger partial charge in [-0.05, 0) is 38.6 Å². The third-order valence-electron chi connectivity index (χ3n) is 4.02. The van der Waals surface area contributed by atoms with Gasteiger partial charge in [-0.1, -0.05) is 6.92 Å². The Morgan fingerprint density at radius 1 is 1.63 bits per heavy atom. The fraction of sp³-hybridized carbons (Fsp3) is 0.692. The average Bonchev–Trinajstić information content (AvgIpc) is 2.93. The molecule has 2 heterocycles. The molecule has 4 nitrogen and oxygen atoms in total. The minimum atomic E-state index is -0.370. The maximum Gasteiger partial charge on any atom is 0.246 e. The number of nitrogens with one attached hydrogen (secondary N) is 2. The molecule has 3 rings (SSSR count). The second kappa shape index (κ2) is 5.77. The zero-order valence-electron chi connectivity index (χ0n) is 11.1. The first-order valence-electron chi connectivity index (χ1n) is 6.75. The van der Waals surface area contributed by atoms with Crippen LogP contribution in [-0.4, -0.2) is 23.0 Å². The molecule has 2 aliphatic rings. The van der Waals surface area contributed by atoms with E-state index in [0.717, 1.165) is 36.6 Å². The van der Waals surface area contributed by atoms with Gasteiger partial charge >= 0.3 is 0 Å². The van der Waals surface area contributed by atoms with Crippen molar-refractivity contribution in [2.45, 2.75) is 50.5 Å². The highest BCUT2D eigenvalue weighted by Crippen LogP contribution is 2.41. The first-order chi connectivity index (χ1) is 8.73. The zero-order chi connectivity index (χ0) is 12.6. The van der Waals surface area contributed by atoms with E-state index in [1.807, 2.05) is 0 Å². The standard InChI is InChI=1S/C13H19N3OS.ClH/c1-2-13(6-3-7-14-13)11(17)16-12-15-10(8-18-12)9-4-5-9;/h8-9,14H,2-7H2,1H3,(H,15,16,17);1H. The van der Waals surface area contributed by atoms with Crippen LogP contribution in [-0.2, 0) is 4.79 Å². The number of aromatic nitrogens is 1. The number of rotatable bonds is 4. The van der Waals surface area contributed by atoms with Gasteiger partial charge in [-0.25, -0.2) is 4.98 Å². The summed E-state index contributed by atoms with van der Waals surface area (Å²) in [4.78, 5) is 16.9. The predicted molar refractivity (Wildman–Crippen MR) is 80.2 cm³/mol. The number of carbonyl (C=O) groups excluding carboxylic acids is 1. The molecule has 2 fully saturated rings. The average molecular weight is 302 g/mol. The Morgan fingerprint density at radius 3 is 3.00 bits per heavy atom. The number of nitrogens with zero attached hydrogens (tertiary/aromatic N) is 1. The van der Waals surface area contributed by atoms with Crippen LogP contribution in [0.4, 0.5) is 5.13 Å². The highest BCUT2D eigenvalue weighted by Gasteiger charge is 2.39. The molecule has 1 aromatic rings. The molecule has 2 N–H and O–H groups in total. The van der Waals surface area contributed by atoms with Gasteiger partial charge in [0.05, 0.1) is 11.2 Å². The number of hydrogen-bond donors (Lipinski definition) is 2. The van der Waals surface area contributed by atoms with E-state index in [0.29, 0.717) is 5.92 Å². The number of carbonyl (C=O) groups is 1. The van der Waals surface area contributed by atoms with Gasteiger partial charge in [0.2, 0.25) is 5.91 Å². The highest BCUT2D eigenvalue weighted by molar-refractivity contribution is 7.14. The number of hydrogen-bond acceptors (Lipinski definition) is 4. The molecule has 1 unspecified atom stereocenters. The van der Waals surface area contributed by atoms with Crippen LogP contribution in [0.25, 0.3) is 0 Å². The van der Waals surface area contributed by atoms with E-state index in [-0.39, 0.29) is 23.9 Å². The summed E-state index contributed by atoms with van der Waals surface area (Å²) in [5.74, 6) is 0.732. The summed E-state index contributed by atoms with van der Waals surface area (Å²) >= 11 is 1.54. The van der Waals surface area contributed by atoms with Gasteiger partial charge in [-0.2, -0.15) is 0 Å². The Balaban J connectivity index is 0.00000133. The maximum absolute atomic E-state index is 12.4. The van der Waals surface area contributed by atoms with Gasteiger partial charge in [0.1, 0.15) is 0 Å². The lowest BCUT2D eigenvalue weighted by molar-refractivity contribution is -0.122. The highest BCUT2D eigenvalue weighted by atomic mass is 35.5. The van der Waals surface area contributed by atoms with Crippen LogP contribution in [0.1, 0.15) is 50.6 Å². The van der Waals surface area contributed by atoms with Crippen molar-refractivity contribution in [3.05, 3.63) is 11.1 Å². The Hall–Kier alpha value is -0.650. The Labute approximate surface area is 123 Å². The van der Waals surface area contributed by atoms with Gasteiger partial charge in [0.15, 0.2) is 5.13 Å². The third-order valence-corrected chi connectivity index (χ3v) is 4.80. The quantitative estimate of drug-likeness (QED) is 0.899. The van der Waals surface area contributed by atoms with E-state index < -0.39 is 0 Å². The summed E-state index contributed by atoms with van der Waals surface area (Å²) in [7, 11) is 0. The monoisotopic (exact) mass is 301 g/mol. The molecule has 0 aromatic carbocycles. The maximum atomic E-state index is 12.4. The molecule has 6 heteroatoms. The van der Waals surface area contributed by atoms with Crippen LogP contribution in [0.15, 0.2) is 5.38 Å². The van der Waals surface area contributed by atoms with E-state index in [1.54, 1.807) is 11.3 Å². The molecule has 1 aromatic heterocycles. The number of thiazole rings is 1. The molecule has 1 aliphatic heterocycles. The van der Waals surface area contributed by atoms with Crippen LogP contribution in [0.2, 0.25) is 0 Å². The fourth-order valence-corrected chi connectivity index (χ4v) is 3.38. The lowest BCUT2D eigenvalue weighted by atomic mass is 9.93. The Bertz CT molecular complexity index is 452. The Kier molecular flexibility index (Phi) is 4.48. The van der Waals surface area contributed by atoms with Crippen molar-refractivity contribution in [3.63, 3.8) is 0 Å². The molecule has 1 saturated carbocycles. The van der Waals surface area contributed by atoms with E-state index >= 15 is 0 Å². The lowest BCUT2D eigenvalue weighted by Gasteiger charge is -2.25. The van der Waals surface area contributed by atoms with E-state index in [2.05, 4.69) is 27.9 Å². The van der Waals surface area contributed by atoms with E-state index in [1.165, 1.54) is 12.8 Å². The lowest BCUT2D eigenvalue weighted by Crippen LogP contribution is -2.50. The Morgan fingerprint density at radius 2 is 2.42 bits per heavy atom. The normalized spacial score (nSPS) is 25.9. The summed E-state index contributed by atoms with van der Waals surface area (Å²) < 4.78 is 0. The second-order valence-electron chi connectivity index (χ2n) is 5.27. The van der Waals surface area contributed by atoms with Gasteiger partial charge in [-0.3, -0.25) is 4.79 Å². The predicted octanol–water partition coefficient (Wildman–Crippen LogP) is 2.91. The third kappa shape index (κ3) is 2.93. The summed E-state index contributed by atoms with van der Waals surface area (Å²) in [6, 6.07) is 0.